The second-order valence-electron chi connectivity index (χ2n) is 12.6. The van der Waals surface area contributed by atoms with Crippen molar-refractivity contribution in [2.75, 3.05) is 19.7 Å². The van der Waals surface area contributed by atoms with Crippen LogP contribution in [0.5, 0.6) is 0 Å². The Morgan fingerprint density at radius 1 is 1.02 bits per heavy atom. The molecule has 0 radical (unpaired) electrons. The van der Waals surface area contributed by atoms with Crippen molar-refractivity contribution in [3.05, 3.63) is 60.2 Å². The van der Waals surface area contributed by atoms with Crippen LogP contribution in [-0.4, -0.2) is 88.1 Å². The van der Waals surface area contributed by atoms with E-state index in [0.717, 1.165) is 18.4 Å². The molecule has 5 rings (SSSR count). The van der Waals surface area contributed by atoms with Crippen LogP contribution in [0.3, 0.4) is 0 Å². The van der Waals surface area contributed by atoms with E-state index in [1.54, 1.807) is 22.8 Å². The molecule has 5 bridgehead atoms. The Hall–Kier alpha value is -3.50. The van der Waals surface area contributed by atoms with Gasteiger partial charge in [0.1, 0.15) is 23.7 Å². The van der Waals surface area contributed by atoms with Crippen LogP contribution in [0.1, 0.15) is 71.0 Å². The summed E-state index contributed by atoms with van der Waals surface area (Å²) in [6.07, 6.45) is 9.60. The number of carbonyl (C=O) groups excluding carboxylic acids is 4. The number of aliphatic hydroxyl groups excluding tert-OH is 1. The fraction of sp³-hybridized carbons (Fsp3) is 0.588. The van der Waals surface area contributed by atoms with Crippen LogP contribution in [0.25, 0.3) is 0 Å². The van der Waals surface area contributed by atoms with E-state index in [1.807, 2.05) is 62.4 Å². The van der Waals surface area contributed by atoms with Gasteiger partial charge in [-0.15, -0.1) is 0 Å². The third-order valence-electron chi connectivity index (χ3n) is 9.31. The zero-order chi connectivity index (χ0) is 31.4. The molecule has 10 nitrogen and oxygen atoms in total. The Balaban J connectivity index is 1.53. The van der Waals surface area contributed by atoms with Crippen molar-refractivity contribution in [1.82, 2.24) is 15.1 Å². The molecule has 1 aromatic rings. The highest BCUT2D eigenvalue weighted by Gasteiger charge is 2.73. The van der Waals surface area contributed by atoms with Gasteiger partial charge in [0.15, 0.2) is 0 Å². The number of carbonyl (C=O) groups is 4. The van der Waals surface area contributed by atoms with Crippen LogP contribution in [0.15, 0.2) is 54.6 Å². The Labute approximate surface area is 259 Å². The summed E-state index contributed by atoms with van der Waals surface area (Å²) in [4.78, 5) is 59.0. The predicted molar refractivity (Wildman–Crippen MR) is 163 cm³/mol. The van der Waals surface area contributed by atoms with Gasteiger partial charge in [0, 0.05) is 32.2 Å². The molecule has 2 saturated heterocycles. The van der Waals surface area contributed by atoms with E-state index in [4.69, 9.17) is 9.47 Å². The molecule has 238 valence electrons. The van der Waals surface area contributed by atoms with Crippen LogP contribution < -0.4 is 5.32 Å². The smallest absolute Gasteiger partial charge is 0.313 e. The summed E-state index contributed by atoms with van der Waals surface area (Å²) in [5.41, 5.74) is -0.552. The third kappa shape index (κ3) is 6.06. The summed E-state index contributed by atoms with van der Waals surface area (Å²) in [5, 5.41) is 12.2. The Morgan fingerprint density at radius 2 is 1.77 bits per heavy atom. The van der Waals surface area contributed by atoms with Gasteiger partial charge >= 0.3 is 5.97 Å². The molecule has 7 atom stereocenters. The summed E-state index contributed by atoms with van der Waals surface area (Å²) in [5.74, 6) is -3.10. The maximum Gasteiger partial charge on any atom is 0.313 e. The number of benzene rings is 1. The van der Waals surface area contributed by atoms with Crippen LogP contribution in [-0.2, 0) is 28.7 Å². The maximum atomic E-state index is 14.4. The first-order valence-corrected chi connectivity index (χ1v) is 16.0. The lowest BCUT2D eigenvalue weighted by Gasteiger charge is -2.37. The number of nitrogens with zero attached hydrogens (tertiary/aromatic N) is 2. The number of ether oxygens (including phenoxy) is 2. The number of allylic oxidation sites excluding steroid dienone is 1. The summed E-state index contributed by atoms with van der Waals surface area (Å²) in [6.45, 7) is 6.45. The molecule has 0 aromatic heterocycles. The quantitative estimate of drug-likeness (QED) is 0.264. The van der Waals surface area contributed by atoms with Crippen molar-refractivity contribution in [3.63, 3.8) is 0 Å². The molecule has 0 saturated carbocycles. The number of amides is 3. The van der Waals surface area contributed by atoms with E-state index in [9.17, 15) is 24.3 Å². The van der Waals surface area contributed by atoms with Gasteiger partial charge < -0.3 is 29.7 Å². The Morgan fingerprint density at radius 3 is 2.50 bits per heavy atom. The number of hydrogen-bond acceptors (Lipinski definition) is 7. The normalized spacial score (nSPS) is 33.1. The van der Waals surface area contributed by atoms with Gasteiger partial charge in [-0.05, 0) is 45.6 Å². The van der Waals surface area contributed by atoms with Crippen molar-refractivity contribution in [3.8, 4) is 0 Å². The Bertz CT molecular complexity index is 1280. The van der Waals surface area contributed by atoms with Gasteiger partial charge in [-0.1, -0.05) is 67.5 Å². The SMILES string of the molecule is CC(C)N1C/C=C\CCC(=O)N[C@H](C)[C@@H](c2ccccc2)OC(=O)[C@@H]2[C@@H]3C=C[C@]4(O3)[C@H](C1=O)N(CCCCCCO)C(=O)[C@@H]24. The first-order chi connectivity index (χ1) is 21.2. The molecule has 1 spiro atoms. The minimum Gasteiger partial charge on any atom is -0.455 e. The minimum atomic E-state index is -1.28. The molecule has 4 aliphatic rings. The van der Waals surface area contributed by atoms with Gasteiger partial charge in [-0.2, -0.15) is 0 Å². The molecule has 2 N–H and O–H groups in total. The predicted octanol–water partition coefficient (Wildman–Crippen LogP) is 3.07. The van der Waals surface area contributed by atoms with Crippen LogP contribution in [0.4, 0.5) is 0 Å². The first kappa shape index (κ1) is 31.9. The molecule has 4 aliphatic heterocycles. The average molecular weight is 608 g/mol. The number of unbranched alkanes of at least 4 members (excludes halogenated alkanes) is 3. The highest BCUT2D eigenvalue weighted by atomic mass is 16.6. The van der Waals surface area contributed by atoms with Gasteiger partial charge in [0.2, 0.25) is 17.7 Å². The number of hydrogen-bond donors (Lipinski definition) is 2. The average Bonchev–Trinajstić information content (AvgIpc) is 3.64. The third-order valence-corrected chi connectivity index (χ3v) is 9.31. The number of rotatable bonds is 8. The number of cyclic esters (lactones) is 1. The van der Waals surface area contributed by atoms with Crippen molar-refractivity contribution in [2.24, 2.45) is 11.8 Å². The number of fused-ring (bicyclic) bond motifs is 2. The number of likely N-dealkylation sites (tertiary alicyclic amines) is 1. The van der Waals surface area contributed by atoms with Crippen molar-refractivity contribution >= 4 is 23.7 Å². The van der Waals surface area contributed by atoms with Gasteiger partial charge in [-0.3, -0.25) is 19.2 Å². The summed E-state index contributed by atoms with van der Waals surface area (Å²) < 4.78 is 12.7. The van der Waals surface area contributed by atoms with Crippen LogP contribution in [0, 0.1) is 11.8 Å². The fourth-order valence-electron chi connectivity index (χ4n) is 7.14. The Kier molecular flexibility index (Phi) is 9.90. The van der Waals surface area contributed by atoms with Crippen LogP contribution in [0.2, 0.25) is 0 Å². The molecule has 0 aliphatic carbocycles. The standard InChI is InChI=1S/C34H45N3O7/c1-22(2)36-19-12-7-10-16-26(39)35-23(3)29(24-14-8-6-9-15-24)43-33(42)27-25-17-18-34(44-25)28(27)31(40)37(30(34)32(36)41)20-11-4-5-13-21-38/h6-9,12,14-15,17-18,22-23,25,27-30,38H,4-5,10-11,13,16,19-21H2,1-3H3,(H,35,39)/b12-7-/t23-,25+,27-,28-,29+,30+,34-/m1/s1. The second kappa shape index (κ2) is 13.6. The van der Waals surface area contributed by atoms with E-state index >= 15 is 0 Å². The van der Waals surface area contributed by atoms with Crippen molar-refractivity contribution in [2.45, 2.75) is 95.2 Å². The number of esters is 1. The van der Waals surface area contributed by atoms with E-state index in [2.05, 4.69) is 5.32 Å². The highest BCUT2D eigenvalue weighted by molar-refractivity contribution is 5.99. The molecular weight excluding hydrogens is 562 g/mol. The molecule has 44 heavy (non-hydrogen) atoms. The van der Waals surface area contributed by atoms with E-state index in [0.29, 0.717) is 32.4 Å². The van der Waals surface area contributed by atoms with Crippen molar-refractivity contribution in [1.29, 1.82) is 0 Å². The van der Waals surface area contributed by atoms with E-state index < -0.39 is 47.7 Å². The zero-order valence-corrected chi connectivity index (χ0v) is 25.9. The summed E-state index contributed by atoms with van der Waals surface area (Å²) in [6, 6.07) is 7.64. The molecular formula is C34H45N3O7. The van der Waals surface area contributed by atoms with Gasteiger partial charge in [-0.25, -0.2) is 0 Å². The molecule has 4 heterocycles. The van der Waals surface area contributed by atoms with Crippen molar-refractivity contribution < 1.29 is 33.8 Å². The summed E-state index contributed by atoms with van der Waals surface area (Å²) in [7, 11) is 0. The van der Waals surface area contributed by atoms with Crippen LogP contribution >= 0.6 is 0 Å². The fourth-order valence-corrected chi connectivity index (χ4v) is 7.14. The number of nitrogens with one attached hydrogen (secondary N) is 1. The maximum absolute atomic E-state index is 14.4. The van der Waals surface area contributed by atoms with E-state index in [-0.39, 0.29) is 36.8 Å². The minimum absolute atomic E-state index is 0.113. The largest absolute Gasteiger partial charge is 0.455 e. The zero-order valence-electron chi connectivity index (χ0n) is 25.9. The second-order valence-corrected chi connectivity index (χ2v) is 12.6. The van der Waals surface area contributed by atoms with Gasteiger partial charge in [0.05, 0.1) is 18.1 Å². The van der Waals surface area contributed by atoms with Gasteiger partial charge in [0.25, 0.3) is 0 Å². The van der Waals surface area contributed by atoms with E-state index in [1.165, 1.54) is 0 Å². The highest BCUT2D eigenvalue weighted by Crippen LogP contribution is 2.56. The molecule has 1 aromatic carbocycles. The first-order valence-electron chi connectivity index (χ1n) is 16.0. The lowest BCUT2D eigenvalue weighted by atomic mass is 9.74. The monoisotopic (exact) mass is 607 g/mol. The molecule has 10 heteroatoms. The molecule has 0 unspecified atom stereocenters. The number of aliphatic hydroxyl groups is 1. The molecule has 2 fully saturated rings. The molecule has 3 amide bonds. The lowest BCUT2D eigenvalue weighted by Crippen LogP contribution is -2.57. The lowest BCUT2D eigenvalue weighted by molar-refractivity contribution is -0.161. The topological polar surface area (TPSA) is 125 Å². The summed E-state index contributed by atoms with van der Waals surface area (Å²) >= 11 is 0.